The number of hydrogen-bond acceptors (Lipinski definition) is 3. The predicted molar refractivity (Wildman–Crippen MR) is 56.3 cm³/mol. The van der Waals surface area contributed by atoms with Crippen molar-refractivity contribution in [3.05, 3.63) is 24.2 Å². The van der Waals surface area contributed by atoms with Crippen molar-refractivity contribution in [2.75, 3.05) is 13.1 Å². The van der Waals surface area contributed by atoms with E-state index in [1.807, 2.05) is 0 Å². The van der Waals surface area contributed by atoms with E-state index >= 15 is 0 Å². The maximum absolute atomic E-state index is 12.5. The van der Waals surface area contributed by atoms with Crippen LogP contribution in [0.3, 0.4) is 0 Å². The molecule has 0 aromatic carbocycles. The van der Waals surface area contributed by atoms with Crippen molar-refractivity contribution in [2.45, 2.75) is 31.1 Å². The minimum Gasteiger partial charge on any atom is -0.468 e. The second-order valence-electron chi connectivity index (χ2n) is 4.29. The Bertz CT molecular complexity index is 346. The topological polar surface area (TPSA) is 42.4 Å². The smallest absolute Gasteiger partial charge is 0.401 e. The van der Waals surface area contributed by atoms with Gasteiger partial charge in [-0.25, -0.2) is 0 Å². The lowest BCUT2D eigenvalue weighted by molar-refractivity contribution is -0.153. The molecule has 2 N–H and O–H groups in total. The molecule has 0 radical (unpaired) electrons. The summed E-state index contributed by atoms with van der Waals surface area (Å²) in [5, 5.41) is 0. The predicted octanol–water partition coefficient (Wildman–Crippen LogP) is 2.31. The second kappa shape index (κ2) is 4.70. The van der Waals surface area contributed by atoms with Gasteiger partial charge in [0, 0.05) is 12.6 Å². The fourth-order valence-electron chi connectivity index (χ4n) is 2.00. The average molecular weight is 248 g/mol. The van der Waals surface area contributed by atoms with Crippen LogP contribution in [-0.4, -0.2) is 30.2 Å². The molecule has 0 saturated heterocycles. The maximum Gasteiger partial charge on any atom is 0.401 e. The first-order chi connectivity index (χ1) is 8.01. The molecule has 1 saturated carbocycles. The highest BCUT2D eigenvalue weighted by atomic mass is 19.4. The minimum atomic E-state index is -4.21. The molecule has 6 heteroatoms. The van der Waals surface area contributed by atoms with Gasteiger partial charge >= 0.3 is 6.18 Å². The first kappa shape index (κ1) is 12.4. The van der Waals surface area contributed by atoms with E-state index < -0.39 is 18.8 Å². The fourth-order valence-corrected chi connectivity index (χ4v) is 2.00. The van der Waals surface area contributed by atoms with Gasteiger partial charge in [-0.2, -0.15) is 13.2 Å². The highest BCUT2D eigenvalue weighted by molar-refractivity contribution is 5.07. The van der Waals surface area contributed by atoms with E-state index in [0.717, 1.165) is 12.8 Å². The van der Waals surface area contributed by atoms with Crippen molar-refractivity contribution in [1.29, 1.82) is 0 Å². The molecule has 1 aromatic rings. The van der Waals surface area contributed by atoms with Crippen molar-refractivity contribution in [1.82, 2.24) is 4.90 Å². The molecule has 1 unspecified atom stereocenters. The zero-order valence-corrected chi connectivity index (χ0v) is 9.28. The summed E-state index contributed by atoms with van der Waals surface area (Å²) >= 11 is 0. The van der Waals surface area contributed by atoms with Gasteiger partial charge in [-0.15, -0.1) is 0 Å². The lowest BCUT2D eigenvalue weighted by Gasteiger charge is -2.30. The van der Waals surface area contributed by atoms with E-state index in [0.29, 0.717) is 5.76 Å². The van der Waals surface area contributed by atoms with Gasteiger partial charge in [-0.1, -0.05) is 0 Å². The number of nitrogens with two attached hydrogens (primary N) is 1. The molecule has 3 nitrogen and oxygen atoms in total. The average Bonchev–Trinajstić information content (AvgIpc) is 2.94. The first-order valence-electron chi connectivity index (χ1n) is 5.57. The van der Waals surface area contributed by atoms with Crippen LogP contribution < -0.4 is 5.73 Å². The normalized spacial score (nSPS) is 18.6. The molecule has 1 aliphatic carbocycles. The van der Waals surface area contributed by atoms with Crippen LogP contribution in [-0.2, 0) is 0 Å². The molecule has 1 aliphatic rings. The van der Waals surface area contributed by atoms with E-state index in [-0.39, 0.29) is 12.6 Å². The maximum atomic E-state index is 12.5. The molecular formula is C11H15F3N2O. The Morgan fingerprint density at radius 1 is 1.47 bits per heavy atom. The van der Waals surface area contributed by atoms with Gasteiger partial charge in [0.25, 0.3) is 0 Å². The SMILES string of the molecule is NCC(c1ccco1)N(CC(F)(F)F)C1CC1. The van der Waals surface area contributed by atoms with E-state index in [1.54, 1.807) is 12.1 Å². The van der Waals surface area contributed by atoms with Crippen LogP contribution in [0, 0.1) is 0 Å². The fraction of sp³-hybridized carbons (Fsp3) is 0.636. The third kappa shape index (κ3) is 3.23. The number of nitrogens with zero attached hydrogens (tertiary/aromatic N) is 1. The van der Waals surface area contributed by atoms with Crippen LogP contribution in [0.2, 0.25) is 0 Å². The van der Waals surface area contributed by atoms with Crippen molar-refractivity contribution in [2.24, 2.45) is 5.73 Å². The quantitative estimate of drug-likeness (QED) is 0.869. The molecule has 17 heavy (non-hydrogen) atoms. The monoisotopic (exact) mass is 248 g/mol. The summed E-state index contributed by atoms with van der Waals surface area (Å²) in [5.41, 5.74) is 5.58. The molecule has 0 amide bonds. The zero-order valence-electron chi connectivity index (χ0n) is 9.28. The van der Waals surface area contributed by atoms with Gasteiger partial charge in [0.15, 0.2) is 0 Å². The van der Waals surface area contributed by atoms with Crippen LogP contribution in [0.15, 0.2) is 22.8 Å². The molecule has 1 atom stereocenters. The summed E-state index contributed by atoms with van der Waals surface area (Å²) in [6, 6.07) is 2.83. The molecule has 1 aromatic heterocycles. The minimum absolute atomic E-state index is 0.0183. The van der Waals surface area contributed by atoms with Gasteiger partial charge in [-0.3, -0.25) is 4.90 Å². The molecule has 1 fully saturated rings. The lowest BCUT2D eigenvalue weighted by atomic mass is 10.2. The number of rotatable bonds is 5. The Kier molecular flexibility index (Phi) is 3.44. The van der Waals surface area contributed by atoms with Crippen LogP contribution in [0.25, 0.3) is 0 Å². The number of hydrogen-bond donors (Lipinski definition) is 1. The third-order valence-corrected chi connectivity index (χ3v) is 2.87. The molecule has 2 rings (SSSR count). The molecule has 96 valence electrons. The summed E-state index contributed by atoms with van der Waals surface area (Å²) in [5.74, 6) is 0.503. The Morgan fingerprint density at radius 3 is 2.59 bits per heavy atom. The van der Waals surface area contributed by atoms with E-state index in [2.05, 4.69) is 0 Å². The van der Waals surface area contributed by atoms with E-state index in [9.17, 15) is 13.2 Å². The van der Waals surface area contributed by atoms with Crippen molar-refractivity contribution in [3.63, 3.8) is 0 Å². The highest BCUT2D eigenvalue weighted by Gasteiger charge is 2.42. The standard InChI is InChI=1S/C11H15F3N2O/c12-11(13,14)7-16(8-3-4-8)9(6-15)10-2-1-5-17-10/h1-2,5,8-9H,3-4,6-7,15H2. The largest absolute Gasteiger partial charge is 0.468 e. The van der Waals surface area contributed by atoms with Crippen LogP contribution in [0.1, 0.15) is 24.6 Å². The molecule has 0 bridgehead atoms. The Labute approximate surface area is 97.4 Å². The van der Waals surface area contributed by atoms with Crippen LogP contribution in [0.4, 0.5) is 13.2 Å². The Hall–Kier alpha value is -1.01. The van der Waals surface area contributed by atoms with E-state index in [4.69, 9.17) is 10.2 Å². The van der Waals surface area contributed by atoms with Crippen molar-refractivity contribution < 1.29 is 17.6 Å². The second-order valence-corrected chi connectivity index (χ2v) is 4.29. The third-order valence-electron chi connectivity index (χ3n) is 2.87. The lowest BCUT2D eigenvalue weighted by Crippen LogP contribution is -2.41. The highest BCUT2D eigenvalue weighted by Crippen LogP contribution is 2.36. The van der Waals surface area contributed by atoms with Gasteiger partial charge in [0.2, 0.25) is 0 Å². The summed E-state index contributed by atoms with van der Waals surface area (Å²) < 4.78 is 42.7. The van der Waals surface area contributed by atoms with Gasteiger partial charge in [0.05, 0.1) is 18.8 Å². The summed E-state index contributed by atoms with van der Waals surface area (Å²) in [6.07, 6.45) is -1.15. The van der Waals surface area contributed by atoms with E-state index in [1.165, 1.54) is 11.2 Å². The summed E-state index contributed by atoms with van der Waals surface area (Å²) in [7, 11) is 0. The Morgan fingerprint density at radius 2 is 2.18 bits per heavy atom. The van der Waals surface area contributed by atoms with Gasteiger partial charge in [0.1, 0.15) is 5.76 Å². The van der Waals surface area contributed by atoms with Gasteiger partial charge < -0.3 is 10.2 Å². The summed E-state index contributed by atoms with van der Waals surface area (Å²) in [4.78, 5) is 1.40. The number of halogens is 3. The summed E-state index contributed by atoms with van der Waals surface area (Å²) in [6.45, 7) is -0.805. The molecule has 0 aliphatic heterocycles. The zero-order chi connectivity index (χ0) is 12.5. The molecule has 0 spiro atoms. The van der Waals surface area contributed by atoms with Gasteiger partial charge in [-0.05, 0) is 25.0 Å². The van der Waals surface area contributed by atoms with Crippen LogP contribution in [0.5, 0.6) is 0 Å². The Balaban J connectivity index is 2.13. The first-order valence-corrected chi connectivity index (χ1v) is 5.57. The number of furan rings is 1. The van der Waals surface area contributed by atoms with Crippen LogP contribution >= 0.6 is 0 Å². The van der Waals surface area contributed by atoms with Crippen molar-refractivity contribution in [3.8, 4) is 0 Å². The number of alkyl halides is 3. The van der Waals surface area contributed by atoms with Crippen molar-refractivity contribution >= 4 is 0 Å². The molecular weight excluding hydrogens is 233 g/mol. The molecule has 1 heterocycles.